The lowest BCUT2D eigenvalue weighted by Crippen LogP contribution is -2.41. The molecule has 3 aromatic rings. The van der Waals surface area contributed by atoms with E-state index in [0.29, 0.717) is 49.3 Å². The Bertz CT molecular complexity index is 1510. The van der Waals surface area contributed by atoms with Gasteiger partial charge in [-0.05, 0) is 54.8 Å². The minimum absolute atomic E-state index is 0.136. The fourth-order valence-corrected chi connectivity index (χ4v) is 5.91. The number of aromatic amines is 1. The van der Waals surface area contributed by atoms with E-state index < -0.39 is 28.5 Å². The largest absolute Gasteiger partial charge is 0.406 e. The average molecular weight is 591 g/mol. The second kappa shape index (κ2) is 11.6. The van der Waals surface area contributed by atoms with Gasteiger partial charge in [-0.25, -0.2) is 13.4 Å². The van der Waals surface area contributed by atoms with Gasteiger partial charge >= 0.3 is 6.18 Å². The highest BCUT2D eigenvalue weighted by molar-refractivity contribution is 7.91. The highest BCUT2D eigenvalue weighted by Gasteiger charge is 2.40. The van der Waals surface area contributed by atoms with E-state index in [1.54, 1.807) is 42.5 Å². The zero-order valence-electron chi connectivity index (χ0n) is 22.0. The Labute approximate surface area is 234 Å². The Morgan fingerprint density at radius 1 is 1.07 bits per heavy atom. The van der Waals surface area contributed by atoms with Crippen LogP contribution in [0.4, 0.5) is 18.9 Å². The predicted molar refractivity (Wildman–Crippen MR) is 145 cm³/mol. The third kappa shape index (κ3) is 7.91. The minimum Gasteiger partial charge on any atom is -0.330 e. The van der Waals surface area contributed by atoms with Gasteiger partial charge in [-0.15, -0.1) is 0 Å². The van der Waals surface area contributed by atoms with Crippen molar-refractivity contribution in [2.75, 3.05) is 36.5 Å². The van der Waals surface area contributed by atoms with Crippen LogP contribution >= 0.6 is 0 Å². The third-order valence-corrected chi connectivity index (χ3v) is 8.55. The molecule has 41 heavy (non-hydrogen) atoms. The van der Waals surface area contributed by atoms with E-state index in [1.807, 2.05) is 11.0 Å². The molecule has 2 aromatic carbocycles. The third-order valence-electron chi connectivity index (χ3n) is 6.94. The standard InChI is InChI=1S/C27H29F3N6O4S/c28-27(29,30)17-36(22-8-9-22)24(37)15-23-32-25(34-33-23)19-4-6-21(7-5-19)31-26(38)20-3-1-2-18(14-20)16-35-10-12-41(39,40)13-11-35/h1-7,14,22H,8-13,15-17H2,(H,31,38)(H,32,33,34). The van der Waals surface area contributed by atoms with Gasteiger partial charge in [0.25, 0.3) is 5.91 Å². The molecule has 0 spiro atoms. The van der Waals surface area contributed by atoms with Crippen LogP contribution in [0, 0.1) is 0 Å². The number of hydrogen-bond acceptors (Lipinski definition) is 7. The number of carbonyl (C=O) groups excluding carboxylic acids is 2. The first-order valence-electron chi connectivity index (χ1n) is 13.2. The number of amides is 2. The molecule has 2 fully saturated rings. The van der Waals surface area contributed by atoms with Gasteiger partial charge in [0.2, 0.25) is 5.91 Å². The maximum atomic E-state index is 12.9. The SMILES string of the molecule is O=C(Nc1ccc(-c2n[nH]c(CC(=O)N(CC(F)(F)F)C3CC3)n2)cc1)c1cccc(CN2CCS(=O)(=O)CC2)c1. The van der Waals surface area contributed by atoms with Crippen LogP contribution < -0.4 is 5.32 Å². The van der Waals surface area contributed by atoms with Crippen molar-refractivity contribution < 1.29 is 31.2 Å². The van der Waals surface area contributed by atoms with Gasteiger partial charge in [-0.1, -0.05) is 12.1 Å². The minimum atomic E-state index is -4.47. The summed E-state index contributed by atoms with van der Waals surface area (Å²) in [7, 11) is -2.96. The number of H-pyrrole nitrogens is 1. The van der Waals surface area contributed by atoms with Gasteiger partial charge < -0.3 is 10.2 Å². The number of hydrogen-bond donors (Lipinski definition) is 2. The Kier molecular flexibility index (Phi) is 8.13. The van der Waals surface area contributed by atoms with Gasteiger partial charge in [-0.2, -0.15) is 18.3 Å². The van der Waals surface area contributed by atoms with Crippen molar-refractivity contribution in [3.05, 3.63) is 65.5 Å². The highest BCUT2D eigenvalue weighted by Crippen LogP contribution is 2.30. The molecule has 1 saturated heterocycles. The molecular formula is C27H29F3N6O4S. The lowest BCUT2D eigenvalue weighted by molar-refractivity contribution is -0.162. The van der Waals surface area contributed by atoms with Crippen molar-refractivity contribution in [3.63, 3.8) is 0 Å². The normalized spacial score (nSPS) is 17.2. The van der Waals surface area contributed by atoms with E-state index >= 15 is 0 Å². The number of benzene rings is 2. The van der Waals surface area contributed by atoms with Crippen LogP contribution in [0.2, 0.25) is 0 Å². The number of nitrogens with one attached hydrogen (secondary N) is 2. The van der Waals surface area contributed by atoms with Crippen LogP contribution in [-0.2, 0) is 27.6 Å². The van der Waals surface area contributed by atoms with Crippen LogP contribution in [0.3, 0.4) is 0 Å². The molecule has 1 aromatic heterocycles. The number of carbonyl (C=O) groups is 2. The summed E-state index contributed by atoms with van der Waals surface area (Å²) in [5.41, 5.74) is 2.50. The summed E-state index contributed by atoms with van der Waals surface area (Å²) in [6.07, 6.45) is -3.66. The number of rotatable bonds is 9. The predicted octanol–water partition coefficient (Wildman–Crippen LogP) is 3.05. The zero-order chi connectivity index (χ0) is 29.2. The first-order valence-corrected chi connectivity index (χ1v) is 15.0. The van der Waals surface area contributed by atoms with Crippen molar-refractivity contribution in [2.24, 2.45) is 0 Å². The van der Waals surface area contributed by atoms with Crippen molar-refractivity contribution >= 4 is 27.3 Å². The molecule has 0 unspecified atom stereocenters. The summed E-state index contributed by atoms with van der Waals surface area (Å²) in [5, 5.41) is 9.54. The molecule has 5 rings (SSSR count). The van der Waals surface area contributed by atoms with E-state index in [2.05, 4.69) is 20.5 Å². The molecule has 2 heterocycles. The Morgan fingerprint density at radius 2 is 1.78 bits per heavy atom. The fraction of sp³-hybridized carbons (Fsp3) is 0.407. The number of sulfone groups is 1. The van der Waals surface area contributed by atoms with Crippen molar-refractivity contribution in [1.82, 2.24) is 25.0 Å². The van der Waals surface area contributed by atoms with Crippen molar-refractivity contribution in [1.29, 1.82) is 0 Å². The molecule has 0 atom stereocenters. The second-order valence-electron chi connectivity index (χ2n) is 10.3. The van der Waals surface area contributed by atoms with Gasteiger partial charge in [0, 0.05) is 42.5 Å². The van der Waals surface area contributed by atoms with Gasteiger partial charge in [-0.3, -0.25) is 19.6 Å². The van der Waals surface area contributed by atoms with Crippen molar-refractivity contribution in [3.8, 4) is 11.4 Å². The summed E-state index contributed by atoms with van der Waals surface area (Å²) in [6.45, 7) is 0.200. The monoisotopic (exact) mass is 590 g/mol. The van der Waals surface area contributed by atoms with E-state index in [1.165, 1.54) is 0 Å². The summed E-state index contributed by atoms with van der Waals surface area (Å²) in [6, 6.07) is 13.5. The molecule has 0 bridgehead atoms. The van der Waals surface area contributed by atoms with E-state index in [9.17, 15) is 31.2 Å². The smallest absolute Gasteiger partial charge is 0.330 e. The molecule has 1 aliphatic carbocycles. The molecule has 2 aliphatic rings. The maximum absolute atomic E-state index is 12.9. The quantitative estimate of drug-likeness (QED) is 0.392. The van der Waals surface area contributed by atoms with Crippen LogP contribution in [-0.4, -0.2) is 88.6 Å². The van der Waals surface area contributed by atoms with E-state index in [4.69, 9.17) is 0 Å². The number of nitrogens with zero attached hydrogens (tertiary/aromatic N) is 4. The van der Waals surface area contributed by atoms with Crippen LogP contribution in [0.1, 0.15) is 34.6 Å². The van der Waals surface area contributed by atoms with Gasteiger partial charge in [0.1, 0.15) is 12.4 Å². The summed E-state index contributed by atoms with van der Waals surface area (Å²) in [5.74, 6) is -0.245. The lowest BCUT2D eigenvalue weighted by atomic mass is 10.1. The molecule has 1 saturated carbocycles. The van der Waals surface area contributed by atoms with Crippen LogP contribution in [0.5, 0.6) is 0 Å². The Hall–Kier alpha value is -3.78. The molecule has 2 N–H and O–H groups in total. The van der Waals surface area contributed by atoms with Gasteiger partial charge in [0.15, 0.2) is 15.7 Å². The number of alkyl halides is 3. The summed E-state index contributed by atoms with van der Waals surface area (Å²) in [4.78, 5) is 32.5. The first kappa shape index (κ1) is 28.7. The molecule has 218 valence electrons. The number of aromatic nitrogens is 3. The van der Waals surface area contributed by atoms with Crippen molar-refractivity contribution in [2.45, 2.75) is 38.0 Å². The molecule has 1 aliphatic heterocycles. The van der Waals surface area contributed by atoms with Crippen LogP contribution in [0.25, 0.3) is 11.4 Å². The average Bonchev–Trinajstić information content (AvgIpc) is 3.66. The Morgan fingerprint density at radius 3 is 2.44 bits per heavy atom. The highest BCUT2D eigenvalue weighted by atomic mass is 32.2. The maximum Gasteiger partial charge on any atom is 0.406 e. The Balaban J connectivity index is 1.17. The van der Waals surface area contributed by atoms with E-state index in [-0.39, 0.29) is 41.5 Å². The topological polar surface area (TPSA) is 128 Å². The zero-order valence-corrected chi connectivity index (χ0v) is 22.8. The number of halogens is 3. The molecule has 0 radical (unpaired) electrons. The summed E-state index contributed by atoms with van der Waals surface area (Å²) >= 11 is 0. The van der Waals surface area contributed by atoms with Gasteiger partial charge in [0.05, 0.1) is 17.9 Å². The van der Waals surface area contributed by atoms with Crippen LogP contribution in [0.15, 0.2) is 48.5 Å². The van der Waals surface area contributed by atoms with E-state index in [0.717, 1.165) is 10.5 Å². The molecule has 2 amide bonds. The molecular weight excluding hydrogens is 561 g/mol. The second-order valence-corrected chi connectivity index (χ2v) is 12.6. The summed E-state index contributed by atoms with van der Waals surface area (Å²) < 4.78 is 61.9. The molecule has 10 nitrogen and oxygen atoms in total. The first-order chi connectivity index (χ1) is 19.4. The lowest BCUT2D eigenvalue weighted by Gasteiger charge is -2.26. The fourth-order valence-electron chi connectivity index (χ4n) is 4.63. The number of anilines is 1. The molecule has 14 heteroatoms.